The van der Waals surface area contributed by atoms with Crippen LogP contribution in [0.2, 0.25) is 0 Å². The molecule has 37 heavy (non-hydrogen) atoms. The van der Waals surface area contributed by atoms with E-state index in [2.05, 4.69) is 117 Å². The Balaban J connectivity index is 0.00000102. The second kappa shape index (κ2) is 15.9. The van der Waals surface area contributed by atoms with Crippen molar-refractivity contribution in [3.8, 4) is 0 Å². The van der Waals surface area contributed by atoms with Gasteiger partial charge in [-0.1, -0.05) is 110 Å². The molecule has 0 amide bonds. The molecule has 0 saturated heterocycles. The number of allylic oxidation sites excluding steroid dienone is 2. The SMILES string of the molecule is CC(/C=C(/C)[N-]c1c(C(C)C)cccc1C(C)C)=[NH+]c1c(C(C)C)cccc1C(C)C.[Mg+2].c1cc[cH-]c1. The minimum Gasteiger partial charge on any atom is -0.661 e. The Morgan fingerprint density at radius 2 is 1.08 bits per heavy atom. The Bertz CT molecular complexity index is 1060. The van der Waals surface area contributed by atoms with E-state index in [0.717, 1.165) is 17.1 Å². The predicted molar refractivity (Wildman–Crippen MR) is 165 cm³/mol. The molecule has 0 heterocycles. The fraction of sp³-hybridized carbons (Fsp3) is 0.412. The van der Waals surface area contributed by atoms with Gasteiger partial charge in [0.1, 0.15) is 0 Å². The maximum absolute atomic E-state index is 5.10. The van der Waals surface area contributed by atoms with E-state index in [9.17, 15) is 0 Å². The van der Waals surface area contributed by atoms with Crippen LogP contribution in [0.1, 0.15) is 115 Å². The van der Waals surface area contributed by atoms with Crippen LogP contribution < -0.4 is 4.99 Å². The van der Waals surface area contributed by atoms with Gasteiger partial charge in [-0.3, -0.25) is 0 Å². The molecule has 3 rings (SSSR count). The van der Waals surface area contributed by atoms with Gasteiger partial charge >= 0.3 is 23.1 Å². The normalized spacial score (nSPS) is 12.1. The van der Waals surface area contributed by atoms with Gasteiger partial charge in [-0.15, -0.1) is 5.69 Å². The van der Waals surface area contributed by atoms with Crippen LogP contribution in [0.5, 0.6) is 0 Å². The summed E-state index contributed by atoms with van der Waals surface area (Å²) in [5.41, 5.74) is 9.88. The molecule has 0 fully saturated rings. The molecule has 0 radical (unpaired) electrons. The monoisotopic (exact) mass is 507 g/mol. The van der Waals surface area contributed by atoms with Crippen LogP contribution >= 0.6 is 0 Å². The number of hydrogen-bond acceptors (Lipinski definition) is 0. The van der Waals surface area contributed by atoms with Gasteiger partial charge in [0.25, 0.3) is 0 Å². The van der Waals surface area contributed by atoms with E-state index in [4.69, 9.17) is 5.32 Å². The summed E-state index contributed by atoms with van der Waals surface area (Å²) in [5, 5.41) is 5.10. The minimum atomic E-state index is 0. The van der Waals surface area contributed by atoms with Crippen molar-refractivity contribution in [1.29, 1.82) is 0 Å². The molecule has 3 aromatic carbocycles. The number of rotatable bonds is 8. The van der Waals surface area contributed by atoms with Gasteiger partial charge in [0.15, 0.2) is 5.71 Å². The Morgan fingerprint density at radius 3 is 1.43 bits per heavy atom. The Kier molecular flexibility index (Phi) is 14.1. The van der Waals surface area contributed by atoms with Gasteiger partial charge < -0.3 is 5.32 Å². The van der Waals surface area contributed by atoms with Crippen LogP contribution in [-0.2, 0) is 0 Å². The van der Waals surface area contributed by atoms with Gasteiger partial charge in [-0.25, -0.2) is 17.1 Å². The molecule has 0 unspecified atom stereocenters. The molecule has 0 aliphatic carbocycles. The van der Waals surface area contributed by atoms with Crippen molar-refractivity contribution in [2.45, 2.75) is 92.9 Å². The van der Waals surface area contributed by atoms with Crippen molar-refractivity contribution in [2.24, 2.45) is 0 Å². The molecule has 1 N–H and O–H groups in total. The van der Waals surface area contributed by atoms with E-state index in [1.807, 2.05) is 30.3 Å². The van der Waals surface area contributed by atoms with Crippen molar-refractivity contribution >= 4 is 40.1 Å². The smallest absolute Gasteiger partial charge is 0.661 e. The van der Waals surface area contributed by atoms with E-state index in [1.54, 1.807) is 0 Å². The molecule has 0 aromatic heterocycles. The molecule has 0 bridgehead atoms. The topological polar surface area (TPSA) is 28.1 Å². The summed E-state index contributed by atoms with van der Waals surface area (Å²) < 4.78 is 0. The van der Waals surface area contributed by atoms with Crippen LogP contribution in [0.15, 0.2) is 78.5 Å². The zero-order valence-electron chi connectivity index (χ0n) is 24.9. The predicted octanol–water partition coefficient (Wildman–Crippen LogP) is 8.99. The van der Waals surface area contributed by atoms with Crippen molar-refractivity contribution in [3.05, 3.63) is 106 Å². The molecule has 0 aliphatic rings. The van der Waals surface area contributed by atoms with Gasteiger partial charge in [0, 0.05) is 18.1 Å². The molecular formula is C34H47MgN2+. The number of nitrogens with one attached hydrogen (secondary N) is 1. The molecular weight excluding hydrogens is 461 g/mol. The Hall–Kier alpha value is -2.23. The van der Waals surface area contributed by atoms with E-state index in [-0.39, 0.29) is 23.1 Å². The average molecular weight is 508 g/mol. The molecule has 194 valence electrons. The molecule has 0 aliphatic heterocycles. The molecule has 0 saturated carbocycles. The Morgan fingerprint density at radius 1 is 0.676 bits per heavy atom. The third-order valence-electron chi connectivity index (χ3n) is 6.31. The zero-order valence-corrected chi connectivity index (χ0v) is 26.3. The van der Waals surface area contributed by atoms with Crippen LogP contribution in [0, 0.1) is 0 Å². The van der Waals surface area contributed by atoms with Crippen LogP contribution in [0.4, 0.5) is 11.4 Å². The fourth-order valence-corrected chi connectivity index (χ4v) is 4.41. The first-order valence-corrected chi connectivity index (χ1v) is 13.5. The Labute approximate surface area is 243 Å². The van der Waals surface area contributed by atoms with Crippen LogP contribution in [0.25, 0.3) is 5.32 Å². The van der Waals surface area contributed by atoms with Crippen LogP contribution in [0.3, 0.4) is 0 Å². The summed E-state index contributed by atoms with van der Waals surface area (Å²) >= 11 is 0. The zero-order chi connectivity index (χ0) is 26.8. The third-order valence-corrected chi connectivity index (χ3v) is 6.31. The number of nitrogens with zero attached hydrogens (tertiary/aromatic N) is 1. The molecule has 0 spiro atoms. The van der Waals surface area contributed by atoms with Gasteiger partial charge in [0.05, 0.1) is 0 Å². The first-order chi connectivity index (χ1) is 17.0. The number of hydrogen-bond donors (Lipinski definition) is 1. The van der Waals surface area contributed by atoms with E-state index < -0.39 is 0 Å². The van der Waals surface area contributed by atoms with Gasteiger partial charge in [-0.05, 0) is 29.7 Å². The quantitative estimate of drug-likeness (QED) is 0.179. The minimum absolute atomic E-state index is 0. The largest absolute Gasteiger partial charge is 2.00 e. The first-order valence-electron chi connectivity index (χ1n) is 13.5. The average Bonchev–Trinajstić information content (AvgIpc) is 3.38. The summed E-state index contributed by atoms with van der Waals surface area (Å²) in [7, 11) is 0. The van der Waals surface area contributed by atoms with Gasteiger partial charge in [0.2, 0.25) is 5.69 Å². The first kappa shape index (κ1) is 32.8. The van der Waals surface area contributed by atoms with E-state index >= 15 is 0 Å². The summed E-state index contributed by atoms with van der Waals surface area (Å²) in [5.74, 6) is 1.82. The molecule has 2 nitrogen and oxygen atoms in total. The number of para-hydroxylation sites is 2. The number of benzene rings is 2. The summed E-state index contributed by atoms with van der Waals surface area (Å²) in [4.78, 5) is 3.71. The third kappa shape index (κ3) is 9.87. The van der Waals surface area contributed by atoms with Gasteiger partial charge in [-0.2, -0.15) is 23.9 Å². The standard InChI is InChI=1S/C29H41N2.C5H5.Mg/c1-18(2)24-13-11-14-25(19(3)4)28(24)30-22(9)17-23(10)31-29-26(20(5)6)15-12-16-27(29)21(7)8;1-2-4-5-3-1;/h11-21H,1-10H3;1-5H;/q2*-1;+2/p+1/b22-17-,31-23?;;. The summed E-state index contributed by atoms with van der Waals surface area (Å²) in [6.07, 6.45) is 2.17. The fourth-order valence-electron chi connectivity index (χ4n) is 4.41. The maximum Gasteiger partial charge on any atom is 2.00 e. The summed E-state index contributed by atoms with van der Waals surface area (Å²) in [6, 6.07) is 23.2. The van der Waals surface area contributed by atoms with Crippen molar-refractivity contribution in [3.63, 3.8) is 0 Å². The maximum atomic E-state index is 5.10. The summed E-state index contributed by atoms with van der Waals surface area (Å²) in [6.45, 7) is 22.2. The molecule has 3 heteroatoms. The van der Waals surface area contributed by atoms with E-state index in [1.165, 1.54) is 27.9 Å². The molecule has 0 atom stereocenters. The second-order valence-corrected chi connectivity index (χ2v) is 10.9. The van der Waals surface area contributed by atoms with Crippen molar-refractivity contribution in [1.82, 2.24) is 0 Å². The van der Waals surface area contributed by atoms with Crippen molar-refractivity contribution in [2.75, 3.05) is 0 Å². The van der Waals surface area contributed by atoms with Crippen molar-refractivity contribution < 1.29 is 4.99 Å². The van der Waals surface area contributed by atoms with Crippen LogP contribution in [-0.4, -0.2) is 28.8 Å². The second-order valence-electron chi connectivity index (χ2n) is 10.9. The molecule has 3 aromatic rings. The van der Waals surface area contributed by atoms with E-state index in [0.29, 0.717) is 23.7 Å².